The van der Waals surface area contributed by atoms with Crippen LogP contribution in [0.25, 0.3) is 0 Å². The fraction of sp³-hybridized carbons (Fsp3) is 0.188. The molecular weight excluding hydrogens is 396 g/mol. The Morgan fingerprint density at radius 3 is 2.54 bits per heavy atom. The van der Waals surface area contributed by atoms with Crippen molar-refractivity contribution >= 4 is 45.3 Å². The number of esters is 1. The highest BCUT2D eigenvalue weighted by atomic mass is 79.9. The summed E-state index contributed by atoms with van der Waals surface area (Å²) in [7, 11) is 0. The Kier molecular flexibility index (Phi) is 6.06. The predicted octanol–water partition coefficient (Wildman–Crippen LogP) is 4.03. The molecule has 6 nitrogen and oxygen atoms in total. The van der Waals surface area contributed by atoms with Gasteiger partial charge in [0.2, 0.25) is 5.76 Å². The quantitative estimate of drug-likeness (QED) is 0.456. The fourth-order valence-corrected chi connectivity index (χ4v) is 2.92. The van der Waals surface area contributed by atoms with Crippen LogP contribution in [-0.2, 0) is 9.53 Å². The second-order valence-electron chi connectivity index (χ2n) is 4.85. The Morgan fingerprint density at radius 2 is 2.00 bits per heavy atom. The van der Waals surface area contributed by atoms with Crippen molar-refractivity contribution in [1.29, 1.82) is 5.26 Å². The summed E-state index contributed by atoms with van der Waals surface area (Å²) in [6.07, 6.45) is 0. The minimum absolute atomic E-state index is 0.0138. The number of nitrogens with zero attached hydrogens (tertiary/aromatic N) is 1. The molecule has 1 amide bonds. The molecule has 124 valence electrons. The van der Waals surface area contributed by atoms with E-state index >= 15 is 0 Å². The van der Waals surface area contributed by atoms with Crippen molar-refractivity contribution in [2.75, 3.05) is 11.9 Å². The number of aryl methyl sites for hydroxylation is 2. The van der Waals surface area contributed by atoms with E-state index in [-0.39, 0.29) is 5.76 Å². The molecule has 0 aliphatic heterocycles. The molecule has 0 fully saturated rings. The second kappa shape index (κ2) is 8.04. The topological polar surface area (TPSA) is 92.3 Å². The van der Waals surface area contributed by atoms with Crippen LogP contribution in [-0.4, -0.2) is 18.5 Å². The number of rotatable bonds is 5. The monoisotopic (exact) mass is 408 g/mol. The fourth-order valence-electron chi connectivity index (χ4n) is 2.03. The van der Waals surface area contributed by atoms with Gasteiger partial charge in [0.1, 0.15) is 5.40 Å². The lowest BCUT2D eigenvalue weighted by atomic mass is 10.1. The zero-order valence-corrected chi connectivity index (χ0v) is 15.3. The molecule has 24 heavy (non-hydrogen) atoms. The van der Waals surface area contributed by atoms with Crippen molar-refractivity contribution in [1.82, 2.24) is 0 Å². The number of ether oxygens (including phenoxy) is 1. The largest absolute Gasteiger partial charge is 0.450 e. The molecular formula is C16H13BrN2O4S. The van der Waals surface area contributed by atoms with Gasteiger partial charge in [-0.15, -0.1) is 0 Å². The van der Waals surface area contributed by atoms with Gasteiger partial charge in [-0.25, -0.2) is 4.79 Å². The van der Waals surface area contributed by atoms with Crippen LogP contribution in [0.15, 0.2) is 38.2 Å². The van der Waals surface area contributed by atoms with Crippen LogP contribution in [0.2, 0.25) is 0 Å². The standard InChI is InChI=1S/C16H13BrN2O4S/c1-9-5-11(24-8-18)6-10(2)15(9)19-14(20)7-22-16(21)12-3-4-13(17)23-12/h3-6H,7H2,1-2H3,(H,19,20). The molecule has 0 aliphatic rings. The molecule has 8 heteroatoms. The first kappa shape index (κ1) is 18.1. The Hall–Kier alpha value is -2.24. The summed E-state index contributed by atoms with van der Waals surface area (Å²) in [6, 6.07) is 6.63. The molecule has 0 aliphatic carbocycles. The van der Waals surface area contributed by atoms with Gasteiger partial charge in [0, 0.05) is 10.6 Å². The number of benzene rings is 1. The van der Waals surface area contributed by atoms with Gasteiger partial charge in [0.25, 0.3) is 5.91 Å². The van der Waals surface area contributed by atoms with E-state index in [2.05, 4.69) is 21.2 Å². The van der Waals surface area contributed by atoms with Crippen LogP contribution in [0.3, 0.4) is 0 Å². The van der Waals surface area contributed by atoms with Crippen LogP contribution in [0.5, 0.6) is 0 Å². The highest BCUT2D eigenvalue weighted by Crippen LogP contribution is 2.27. The van der Waals surface area contributed by atoms with Gasteiger partial charge >= 0.3 is 5.97 Å². The van der Waals surface area contributed by atoms with Crippen molar-refractivity contribution in [3.8, 4) is 5.40 Å². The van der Waals surface area contributed by atoms with E-state index in [9.17, 15) is 9.59 Å². The average Bonchev–Trinajstić information content (AvgIpc) is 2.95. The number of nitriles is 1. The summed E-state index contributed by atoms with van der Waals surface area (Å²) in [6.45, 7) is 3.23. The van der Waals surface area contributed by atoms with Gasteiger partial charge in [-0.3, -0.25) is 4.79 Å². The summed E-state index contributed by atoms with van der Waals surface area (Å²) in [4.78, 5) is 24.5. The number of anilines is 1. The summed E-state index contributed by atoms with van der Waals surface area (Å²) in [5.41, 5.74) is 2.28. The number of amides is 1. The van der Waals surface area contributed by atoms with E-state index in [1.54, 1.807) is 6.07 Å². The van der Waals surface area contributed by atoms with Crippen molar-refractivity contribution in [3.63, 3.8) is 0 Å². The van der Waals surface area contributed by atoms with Gasteiger partial charge < -0.3 is 14.5 Å². The maximum Gasteiger partial charge on any atom is 0.374 e. The van der Waals surface area contributed by atoms with E-state index in [4.69, 9.17) is 14.4 Å². The number of nitrogens with one attached hydrogen (secondary N) is 1. The van der Waals surface area contributed by atoms with Crippen LogP contribution in [0.1, 0.15) is 21.7 Å². The first-order valence-electron chi connectivity index (χ1n) is 6.80. The molecule has 1 heterocycles. The maximum absolute atomic E-state index is 12.0. The summed E-state index contributed by atoms with van der Waals surface area (Å²) < 4.78 is 10.4. The number of thioether (sulfide) groups is 1. The number of furan rings is 1. The molecule has 0 saturated heterocycles. The molecule has 0 saturated carbocycles. The Bertz CT molecular complexity index is 803. The van der Waals surface area contributed by atoms with E-state index in [1.165, 1.54) is 6.07 Å². The minimum Gasteiger partial charge on any atom is -0.450 e. The van der Waals surface area contributed by atoms with Crippen LogP contribution >= 0.6 is 27.7 Å². The first-order valence-corrected chi connectivity index (χ1v) is 8.41. The molecule has 0 atom stereocenters. The number of hydrogen-bond donors (Lipinski definition) is 1. The SMILES string of the molecule is Cc1cc(SC#N)cc(C)c1NC(=O)COC(=O)c1ccc(Br)o1. The molecule has 2 rings (SSSR count). The smallest absolute Gasteiger partial charge is 0.374 e. The van der Waals surface area contributed by atoms with Crippen LogP contribution in [0.4, 0.5) is 5.69 Å². The predicted molar refractivity (Wildman–Crippen MR) is 92.7 cm³/mol. The maximum atomic E-state index is 12.0. The van der Waals surface area contributed by atoms with Gasteiger partial charge in [-0.05, 0) is 76.9 Å². The minimum atomic E-state index is -0.718. The van der Waals surface area contributed by atoms with Gasteiger partial charge in [-0.1, -0.05) is 0 Å². The first-order chi connectivity index (χ1) is 11.4. The molecule has 2 aromatic rings. The molecule has 0 unspecified atom stereocenters. The number of thiocyanates is 1. The van der Waals surface area contributed by atoms with Crippen LogP contribution < -0.4 is 5.32 Å². The lowest BCUT2D eigenvalue weighted by Gasteiger charge is -2.12. The lowest BCUT2D eigenvalue weighted by molar-refractivity contribution is -0.119. The number of halogens is 1. The van der Waals surface area contributed by atoms with E-state index in [0.29, 0.717) is 10.4 Å². The van der Waals surface area contributed by atoms with Gasteiger partial charge in [-0.2, -0.15) is 5.26 Å². The number of carbonyl (C=O) groups excluding carboxylic acids is 2. The normalized spacial score (nSPS) is 10.1. The number of carbonyl (C=O) groups is 2. The zero-order chi connectivity index (χ0) is 17.7. The molecule has 1 aromatic carbocycles. The summed E-state index contributed by atoms with van der Waals surface area (Å²) >= 11 is 4.14. The Labute approximate surface area is 151 Å². The summed E-state index contributed by atoms with van der Waals surface area (Å²) in [5, 5.41) is 13.4. The Balaban J connectivity index is 1.97. The van der Waals surface area contributed by atoms with Crippen molar-refractivity contribution < 1.29 is 18.7 Å². The molecule has 1 aromatic heterocycles. The van der Waals surface area contributed by atoms with Crippen molar-refractivity contribution in [2.45, 2.75) is 18.7 Å². The van der Waals surface area contributed by atoms with E-state index in [1.807, 2.05) is 31.4 Å². The van der Waals surface area contributed by atoms with Crippen molar-refractivity contribution in [3.05, 3.63) is 45.8 Å². The molecule has 0 bridgehead atoms. The Morgan fingerprint density at radius 1 is 1.33 bits per heavy atom. The molecule has 0 spiro atoms. The highest BCUT2D eigenvalue weighted by molar-refractivity contribution is 9.10. The van der Waals surface area contributed by atoms with E-state index < -0.39 is 18.5 Å². The number of hydrogen-bond acceptors (Lipinski definition) is 6. The van der Waals surface area contributed by atoms with Crippen molar-refractivity contribution in [2.24, 2.45) is 0 Å². The van der Waals surface area contributed by atoms with Gasteiger partial charge in [0.05, 0.1) is 0 Å². The third kappa shape index (κ3) is 4.63. The zero-order valence-electron chi connectivity index (χ0n) is 12.9. The molecule has 1 N–H and O–H groups in total. The second-order valence-corrected chi connectivity index (χ2v) is 6.49. The summed E-state index contributed by atoms with van der Waals surface area (Å²) in [5.74, 6) is -1.16. The third-order valence-corrected chi connectivity index (χ3v) is 4.03. The molecule has 0 radical (unpaired) electrons. The highest BCUT2D eigenvalue weighted by Gasteiger charge is 2.15. The third-order valence-electron chi connectivity index (χ3n) is 3.04. The lowest BCUT2D eigenvalue weighted by Crippen LogP contribution is -2.21. The van der Waals surface area contributed by atoms with Gasteiger partial charge in [0.15, 0.2) is 11.3 Å². The van der Waals surface area contributed by atoms with E-state index in [0.717, 1.165) is 27.8 Å². The average molecular weight is 409 g/mol. The van der Waals surface area contributed by atoms with Crippen LogP contribution in [0, 0.1) is 24.5 Å².